The molecule has 6 nitrogen and oxygen atoms in total. The van der Waals surface area contributed by atoms with Crippen LogP contribution in [0.15, 0.2) is 85.1 Å². The molecule has 28 heavy (non-hydrogen) atoms. The number of carbonyl (C=O) groups excluding carboxylic acids is 2. The zero-order valence-corrected chi connectivity index (χ0v) is 15.2. The maximum Gasteiger partial charge on any atom is 0.294 e. The van der Waals surface area contributed by atoms with Crippen LogP contribution >= 0.6 is 0 Å². The Bertz CT molecular complexity index is 1140. The van der Waals surface area contributed by atoms with Gasteiger partial charge < -0.3 is 10.2 Å². The molecule has 0 saturated carbocycles. The van der Waals surface area contributed by atoms with Crippen molar-refractivity contribution in [1.29, 1.82) is 0 Å². The Balaban J connectivity index is 1.72. The second-order valence-electron chi connectivity index (χ2n) is 6.26. The summed E-state index contributed by atoms with van der Waals surface area (Å²) in [5.41, 5.74) is 2.18. The lowest BCUT2D eigenvalue weighted by atomic mass is 10.3. The van der Waals surface area contributed by atoms with Crippen molar-refractivity contribution < 1.29 is 9.59 Å². The number of imidazole rings is 1. The van der Waals surface area contributed by atoms with Gasteiger partial charge in [0.05, 0.1) is 5.52 Å². The summed E-state index contributed by atoms with van der Waals surface area (Å²) in [5.74, 6) is -0.484. The smallest absolute Gasteiger partial charge is 0.294 e. The van der Waals surface area contributed by atoms with Gasteiger partial charge in [0.1, 0.15) is 0 Å². The van der Waals surface area contributed by atoms with Gasteiger partial charge >= 0.3 is 0 Å². The van der Waals surface area contributed by atoms with Crippen LogP contribution in [0.25, 0.3) is 5.52 Å². The van der Waals surface area contributed by atoms with E-state index >= 15 is 0 Å². The van der Waals surface area contributed by atoms with Crippen molar-refractivity contribution in [2.45, 2.75) is 0 Å². The molecule has 1 N–H and O–H groups in total. The number of hydrogen-bond acceptors (Lipinski definition) is 3. The maximum absolute atomic E-state index is 13.1. The van der Waals surface area contributed by atoms with E-state index in [2.05, 4.69) is 10.3 Å². The monoisotopic (exact) mass is 370 g/mol. The topological polar surface area (TPSA) is 66.7 Å². The molecule has 138 valence electrons. The molecular formula is C22H18N4O2. The summed E-state index contributed by atoms with van der Waals surface area (Å²) >= 11 is 0. The van der Waals surface area contributed by atoms with Gasteiger partial charge in [-0.3, -0.25) is 14.0 Å². The van der Waals surface area contributed by atoms with Crippen LogP contribution in [0.5, 0.6) is 0 Å². The molecule has 2 heterocycles. The highest BCUT2D eigenvalue weighted by molar-refractivity contribution is 6.10. The standard InChI is InChI=1S/C22H18N4O2/c1-25(17-12-6-3-7-13-17)22(28)20-24-19(18-14-8-9-15-26(18)20)21(27)23-16-10-4-2-5-11-16/h2-15H,1H3,(H,23,27). The highest BCUT2D eigenvalue weighted by atomic mass is 16.2. The van der Waals surface area contributed by atoms with Crippen LogP contribution in [0, 0.1) is 0 Å². The number of anilines is 2. The number of aromatic nitrogens is 2. The molecule has 0 spiro atoms. The van der Waals surface area contributed by atoms with Gasteiger partial charge in [-0.05, 0) is 36.4 Å². The molecule has 0 radical (unpaired) electrons. The fourth-order valence-electron chi connectivity index (χ4n) is 2.99. The van der Waals surface area contributed by atoms with Crippen molar-refractivity contribution in [2.75, 3.05) is 17.3 Å². The van der Waals surface area contributed by atoms with E-state index in [-0.39, 0.29) is 23.3 Å². The molecule has 0 unspecified atom stereocenters. The fourth-order valence-corrected chi connectivity index (χ4v) is 2.99. The van der Waals surface area contributed by atoms with Crippen LogP contribution < -0.4 is 10.2 Å². The summed E-state index contributed by atoms with van der Waals surface area (Å²) in [7, 11) is 1.69. The Hall–Kier alpha value is -3.93. The molecule has 0 aliphatic rings. The van der Waals surface area contributed by atoms with Crippen molar-refractivity contribution in [1.82, 2.24) is 9.38 Å². The SMILES string of the molecule is CN(C(=O)c1nc(C(=O)Nc2ccccc2)c2ccccn12)c1ccccc1. The second-order valence-corrected chi connectivity index (χ2v) is 6.26. The first kappa shape index (κ1) is 17.5. The first-order chi connectivity index (χ1) is 13.6. The Kier molecular flexibility index (Phi) is 4.60. The molecule has 0 aliphatic heterocycles. The van der Waals surface area contributed by atoms with Gasteiger partial charge in [0, 0.05) is 24.6 Å². The number of carbonyl (C=O) groups is 2. The number of rotatable bonds is 4. The van der Waals surface area contributed by atoms with Gasteiger partial charge in [-0.25, -0.2) is 4.98 Å². The second kappa shape index (κ2) is 7.36. The number of nitrogens with one attached hydrogen (secondary N) is 1. The molecule has 2 aromatic heterocycles. The molecule has 0 aliphatic carbocycles. The van der Waals surface area contributed by atoms with E-state index in [9.17, 15) is 9.59 Å². The molecule has 2 aromatic carbocycles. The molecule has 6 heteroatoms. The van der Waals surface area contributed by atoms with Crippen LogP contribution in [0.2, 0.25) is 0 Å². The highest BCUT2D eigenvalue weighted by Crippen LogP contribution is 2.19. The largest absolute Gasteiger partial charge is 0.321 e. The summed E-state index contributed by atoms with van der Waals surface area (Å²) in [6, 6.07) is 23.8. The minimum atomic E-state index is -0.365. The number of amides is 2. The molecule has 4 aromatic rings. The number of benzene rings is 2. The number of nitrogens with zero attached hydrogens (tertiary/aromatic N) is 3. The van der Waals surface area contributed by atoms with Crippen LogP contribution in [0.4, 0.5) is 11.4 Å². The maximum atomic E-state index is 13.1. The summed E-state index contributed by atoms with van der Waals surface area (Å²) in [5, 5.41) is 2.82. The van der Waals surface area contributed by atoms with E-state index in [1.807, 2.05) is 54.6 Å². The first-order valence-electron chi connectivity index (χ1n) is 8.82. The molecule has 0 saturated heterocycles. The first-order valence-corrected chi connectivity index (χ1v) is 8.82. The van der Waals surface area contributed by atoms with E-state index < -0.39 is 0 Å². The number of para-hydroxylation sites is 2. The zero-order chi connectivity index (χ0) is 19.5. The van der Waals surface area contributed by atoms with Crippen LogP contribution in [0.1, 0.15) is 21.1 Å². The van der Waals surface area contributed by atoms with Gasteiger partial charge in [-0.1, -0.05) is 42.5 Å². The van der Waals surface area contributed by atoms with E-state index in [0.29, 0.717) is 11.2 Å². The number of fused-ring (bicyclic) bond motifs is 1. The highest BCUT2D eigenvalue weighted by Gasteiger charge is 2.24. The summed E-state index contributed by atoms with van der Waals surface area (Å²) in [4.78, 5) is 31.8. The molecule has 0 fully saturated rings. The Labute approximate surface area is 162 Å². The number of hydrogen-bond donors (Lipinski definition) is 1. The molecule has 2 amide bonds. The average Bonchev–Trinajstić information content (AvgIpc) is 3.14. The van der Waals surface area contributed by atoms with Gasteiger partial charge in [-0.15, -0.1) is 0 Å². The average molecular weight is 370 g/mol. The minimum absolute atomic E-state index is 0.181. The van der Waals surface area contributed by atoms with Gasteiger partial charge in [0.25, 0.3) is 11.8 Å². The third-order valence-corrected chi connectivity index (χ3v) is 4.43. The minimum Gasteiger partial charge on any atom is -0.321 e. The predicted octanol–water partition coefficient (Wildman–Crippen LogP) is 3.86. The van der Waals surface area contributed by atoms with Crippen molar-refractivity contribution in [2.24, 2.45) is 0 Å². The van der Waals surface area contributed by atoms with Gasteiger partial charge in [0.15, 0.2) is 5.69 Å². The quantitative estimate of drug-likeness (QED) is 0.593. The molecule has 0 atom stereocenters. The van der Waals surface area contributed by atoms with Crippen molar-refractivity contribution in [3.8, 4) is 0 Å². The third-order valence-electron chi connectivity index (χ3n) is 4.43. The summed E-state index contributed by atoms with van der Waals surface area (Å²) < 4.78 is 1.64. The fraction of sp³-hybridized carbons (Fsp3) is 0.0455. The van der Waals surface area contributed by atoms with E-state index in [1.165, 1.54) is 4.90 Å². The normalized spacial score (nSPS) is 10.6. The summed E-state index contributed by atoms with van der Waals surface area (Å²) in [6.07, 6.45) is 1.73. The van der Waals surface area contributed by atoms with Crippen LogP contribution in [0.3, 0.4) is 0 Å². The summed E-state index contributed by atoms with van der Waals surface area (Å²) in [6.45, 7) is 0. The van der Waals surface area contributed by atoms with E-state index in [4.69, 9.17) is 0 Å². The molecule has 4 rings (SSSR count). The van der Waals surface area contributed by atoms with E-state index in [1.54, 1.807) is 41.9 Å². The lowest BCUT2D eigenvalue weighted by molar-refractivity contribution is 0.0982. The lowest BCUT2D eigenvalue weighted by Crippen LogP contribution is -2.28. The number of pyridine rings is 1. The van der Waals surface area contributed by atoms with Gasteiger partial charge in [-0.2, -0.15) is 0 Å². The molecule has 0 bridgehead atoms. The predicted molar refractivity (Wildman–Crippen MR) is 109 cm³/mol. The third kappa shape index (κ3) is 3.23. The Morgan fingerprint density at radius 2 is 1.54 bits per heavy atom. The van der Waals surface area contributed by atoms with Crippen molar-refractivity contribution >= 4 is 28.7 Å². The lowest BCUT2D eigenvalue weighted by Gasteiger charge is -2.16. The van der Waals surface area contributed by atoms with Crippen LogP contribution in [-0.4, -0.2) is 28.2 Å². The molecular weight excluding hydrogens is 352 g/mol. The van der Waals surface area contributed by atoms with Crippen LogP contribution in [-0.2, 0) is 0 Å². The zero-order valence-electron chi connectivity index (χ0n) is 15.2. The van der Waals surface area contributed by atoms with Crippen molar-refractivity contribution in [3.05, 3.63) is 96.6 Å². The van der Waals surface area contributed by atoms with Gasteiger partial charge in [0.2, 0.25) is 5.82 Å². The Morgan fingerprint density at radius 1 is 0.893 bits per heavy atom. The van der Waals surface area contributed by atoms with Crippen molar-refractivity contribution in [3.63, 3.8) is 0 Å². The Morgan fingerprint density at radius 3 is 2.25 bits per heavy atom. The van der Waals surface area contributed by atoms with E-state index in [0.717, 1.165) is 5.69 Å².